The first kappa shape index (κ1) is 11.1. The summed E-state index contributed by atoms with van der Waals surface area (Å²) < 4.78 is 6.83. The summed E-state index contributed by atoms with van der Waals surface area (Å²) in [5.74, 6) is 0.759. The molecule has 0 amide bonds. The van der Waals surface area contributed by atoms with Crippen LogP contribution in [0.25, 0.3) is 0 Å². The molecule has 1 unspecified atom stereocenters. The average molecular weight is 199 g/mol. The molecule has 1 aromatic heterocycles. The third-order valence-corrected chi connectivity index (χ3v) is 1.96. The number of aryl methyl sites for hydroxylation is 1. The van der Waals surface area contributed by atoms with Crippen LogP contribution in [0.4, 0.5) is 0 Å². The Morgan fingerprint density at radius 3 is 2.86 bits per heavy atom. The van der Waals surface area contributed by atoms with Gasteiger partial charge in [-0.1, -0.05) is 0 Å². The molecule has 0 spiro atoms. The molecule has 0 saturated carbocycles. The van der Waals surface area contributed by atoms with Crippen LogP contribution in [-0.2, 0) is 18.2 Å². The van der Waals surface area contributed by atoms with Crippen LogP contribution in [-0.4, -0.2) is 38.7 Å². The highest BCUT2D eigenvalue weighted by atomic mass is 16.5. The van der Waals surface area contributed by atoms with Crippen molar-refractivity contribution in [3.8, 4) is 0 Å². The summed E-state index contributed by atoms with van der Waals surface area (Å²) in [5.41, 5.74) is -0.878. The first-order chi connectivity index (χ1) is 6.55. The summed E-state index contributed by atoms with van der Waals surface area (Å²) in [6.45, 7) is 4.56. The molecule has 5 nitrogen and oxygen atoms in total. The number of hydrogen-bond donors (Lipinski definition) is 1. The molecule has 0 aliphatic carbocycles. The van der Waals surface area contributed by atoms with Crippen molar-refractivity contribution in [1.82, 2.24) is 14.8 Å². The van der Waals surface area contributed by atoms with Crippen molar-refractivity contribution in [3.63, 3.8) is 0 Å². The number of nitrogens with zero attached hydrogens (tertiary/aromatic N) is 3. The Balaban J connectivity index is 2.54. The second-order valence-corrected chi connectivity index (χ2v) is 3.61. The summed E-state index contributed by atoms with van der Waals surface area (Å²) in [7, 11) is 1.80. The maximum Gasteiger partial charge on any atom is 0.138 e. The van der Waals surface area contributed by atoms with Gasteiger partial charge in [0.25, 0.3) is 0 Å². The van der Waals surface area contributed by atoms with Crippen molar-refractivity contribution in [1.29, 1.82) is 0 Å². The summed E-state index contributed by atoms with van der Waals surface area (Å²) in [4.78, 5) is 4.05. The zero-order valence-corrected chi connectivity index (χ0v) is 8.90. The topological polar surface area (TPSA) is 60.2 Å². The summed E-state index contributed by atoms with van der Waals surface area (Å²) >= 11 is 0. The Morgan fingerprint density at radius 1 is 1.64 bits per heavy atom. The van der Waals surface area contributed by atoms with Crippen molar-refractivity contribution in [2.24, 2.45) is 7.05 Å². The Labute approximate surface area is 83.7 Å². The molecule has 0 saturated heterocycles. The fourth-order valence-electron chi connectivity index (χ4n) is 1.19. The lowest BCUT2D eigenvalue weighted by Crippen LogP contribution is -2.34. The van der Waals surface area contributed by atoms with E-state index in [9.17, 15) is 5.11 Å². The highest BCUT2D eigenvalue weighted by Gasteiger charge is 2.23. The van der Waals surface area contributed by atoms with E-state index in [-0.39, 0.29) is 0 Å². The first-order valence-electron chi connectivity index (χ1n) is 4.68. The molecule has 1 atom stereocenters. The number of aliphatic hydroxyl groups is 1. The van der Waals surface area contributed by atoms with Crippen LogP contribution < -0.4 is 0 Å². The van der Waals surface area contributed by atoms with E-state index >= 15 is 0 Å². The number of rotatable bonds is 5. The fourth-order valence-corrected chi connectivity index (χ4v) is 1.19. The van der Waals surface area contributed by atoms with E-state index in [1.165, 1.54) is 6.33 Å². The Kier molecular flexibility index (Phi) is 3.60. The number of aromatic nitrogens is 3. The smallest absolute Gasteiger partial charge is 0.138 e. The van der Waals surface area contributed by atoms with Gasteiger partial charge in [-0.05, 0) is 13.8 Å². The van der Waals surface area contributed by atoms with Crippen molar-refractivity contribution in [2.75, 3.05) is 13.2 Å². The molecule has 1 heterocycles. The molecule has 14 heavy (non-hydrogen) atoms. The molecule has 80 valence electrons. The van der Waals surface area contributed by atoms with E-state index in [1.54, 1.807) is 18.7 Å². The Hall–Kier alpha value is -0.940. The number of hydrogen-bond acceptors (Lipinski definition) is 4. The number of ether oxygens (including phenoxy) is 1. The molecular weight excluding hydrogens is 182 g/mol. The predicted molar refractivity (Wildman–Crippen MR) is 51.8 cm³/mol. The van der Waals surface area contributed by atoms with Gasteiger partial charge in [-0.15, -0.1) is 0 Å². The van der Waals surface area contributed by atoms with Crippen LogP contribution >= 0.6 is 0 Å². The second kappa shape index (κ2) is 4.52. The zero-order chi connectivity index (χ0) is 10.6. The molecule has 1 N–H and O–H groups in total. The quantitative estimate of drug-likeness (QED) is 0.733. The zero-order valence-electron chi connectivity index (χ0n) is 8.90. The first-order valence-corrected chi connectivity index (χ1v) is 4.68. The summed E-state index contributed by atoms with van der Waals surface area (Å²) in [6, 6.07) is 0. The van der Waals surface area contributed by atoms with Gasteiger partial charge in [0.15, 0.2) is 0 Å². The second-order valence-electron chi connectivity index (χ2n) is 3.61. The van der Waals surface area contributed by atoms with Crippen molar-refractivity contribution in [2.45, 2.75) is 25.9 Å². The average Bonchev–Trinajstić information content (AvgIpc) is 2.48. The highest BCUT2D eigenvalue weighted by molar-refractivity contribution is 4.91. The minimum Gasteiger partial charge on any atom is -0.387 e. The van der Waals surface area contributed by atoms with Crippen LogP contribution in [0.1, 0.15) is 19.7 Å². The lowest BCUT2D eigenvalue weighted by atomic mass is 10.0. The Bertz CT molecular complexity index is 283. The molecular formula is C9H17N3O2. The van der Waals surface area contributed by atoms with Crippen LogP contribution in [0.3, 0.4) is 0 Å². The monoisotopic (exact) mass is 199 g/mol. The maximum absolute atomic E-state index is 9.94. The van der Waals surface area contributed by atoms with E-state index in [4.69, 9.17) is 4.74 Å². The summed E-state index contributed by atoms with van der Waals surface area (Å²) in [5, 5.41) is 13.9. The molecule has 1 rings (SSSR count). The standard InChI is InChI=1S/C9H17N3O2/c1-4-14-6-9(2,13)5-8-10-7-11-12(8)3/h7,13H,4-6H2,1-3H3. The van der Waals surface area contributed by atoms with Gasteiger partial charge in [0.05, 0.1) is 12.2 Å². The largest absolute Gasteiger partial charge is 0.387 e. The molecule has 0 radical (unpaired) electrons. The third-order valence-electron chi connectivity index (χ3n) is 1.96. The molecule has 0 aromatic carbocycles. The molecule has 1 aromatic rings. The third kappa shape index (κ3) is 3.08. The van der Waals surface area contributed by atoms with Crippen LogP contribution in [0, 0.1) is 0 Å². The lowest BCUT2D eigenvalue weighted by molar-refractivity contribution is -0.0313. The van der Waals surface area contributed by atoms with Gasteiger partial charge < -0.3 is 9.84 Å². The predicted octanol–water partition coefficient (Wildman–Crippen LogP) is 0.145. The van der Waals surface area contributed by atoms with Crippen molar-refractivity contribution < 1.29 is 9.84 Å². The van der Waals surface area contributed by atoms with E-state index in [0.29, 0.717) is 19.6 Å². The van der Waals surface area contributed by atoms with Gasteiger partial charge in [0.2, 0.25) is 0 Å². The van der Waals surface area contributed by atoms with E-state index in [1.807, 2.05) is 6.92 Å². The lowest BCUT2D eigenvalue weighted by Gasteiger charge is -2.21. The van der Waals surface area contributed by atoms with E-state index in [0.717, 1.165) is 5.82 Å². The normalized spacial score (nSPS) is 15.4. The van der Waals surface area contributed by atoms with Crippen LogP contribution in [0.2, 0.25) is 0 Å². The van der Waals surface area contributed by atoms with Gasteiger partial charge in [0, 0.05) is 20.1 Å². The van der Waals surface area contributed by atoms with E-state index in [2.05, 4.69) is 10.1 Å². The molecule has 5 heteroatoms. The summed E-state index contributed by atoms with van der Waals surface area (Å²) in [6.07, 6.45) is 1.93. The minimum atomic E-state index is -0.878. The SMILES string of the molecule is CCOCC(C)(O)Cc1ncnn1C. The van der Waals surface area contributed by atoms with Gasteiger partial charge in [-0.3, -0.25) is 4.68 Å². The van der Waals surface area contributed by atoms with Gasteiger partial charge >= 0.3 is 0 Å². The van der Waals surface area contributed by atoms with Gasteiger partial charge in [-0.25, -0.2) is 4.98 Å². The fraction of sp³-hybridized carbons (Fsp3) is 0.778. The molecule has 0 aliphatic heterocycles. The van der Waals surface area contributed by atoms with Gasteiger partial charge in [-0.2, -0.15) is 5.10 Å². The van der Waals surface area contributed by atoms with E-state index < -0.39 is 5.60 Å². The molecule has 0 fully saturated rings. The van der Waals surface area contributed by atoms with Crippen molar-refractivity contribution >= 4 is 0 Å². The van der Waals surface area contributed by atoms with Crippen molar-refractivity contribution in [3.05, 3.63) is 12.2 Å². The van der Waals surface area contributed by atoms with Gasteiger partial charge in [0.1, 0.15) is 12.2 Å². The van der Waals surface area contributed by atoms with Crippen LogP contribution in [0.15, 0.2) is 6.33 Å². The highest BCUT2D eigenvalue weighted by Crippen LogP contribution is 2.10. The van der Waals surface area contributed by atoms with Crippen LogP contribution in [0.5, 0.6) is 0 Å². The maximum atomic E-state index is 9.94. The minimum absolute atomic E-state index is 0.316. The molecule has 0 bridgehead atoms. The molecule has 0 aliphatic rings. The Morgan fingerprint density at radius 2 is 2.36 bits per heavy atom.